The van der Waals surface area contributed by atoms with Crippen molar-refractivity contribution in [3.63, 3.8) is 0 Å². The van der Waals surface area contributed by atoms with Gasteiger partial charge in [0.1, 0.15) is 17.4 Å². The Morgan fingerprint density at radius 3 is 2.65 bits per heavy atom. The van der Waals surface area contributed by atoms with Crippen LogP contribution in [0.15, 0.2) is 59.6 Å². The number of hydrogen-bond donors (Lipinski definition) is 1. The number of aryl methyl sites for hydroxylation is 1. The van der Waals surface area contributed by atoms with E-state index < -0.39 is 40.3 Å². The average Bonchev–Trinajstić information content (AvgIpc) is 2.88. The molecule has 0 fully saturated rings. The molecule has 0 amide bonds. The van der Waals surface area contributed by atoms with Crippen molar-refractivity contribution in [2.75, 3.05) is 22.7 Å². The molecule has 1 aliphatic heterocycles. The quantitative estimate of drug-likeness (QED) is 0.477. The lowest BCUT2D eigenvalue weighted by Gasteiger charge is -2.24. The monoisotopic (exact) mass is 534 g/mol. The fraction of sp³-hybridized carbons (Fsp3) is 0.346. The number of hydrogen-bond acceptors (Lipinski definition) is 6. The predicted octanol–water partition coefficient (Wildman–Crippen LogP) is 5.48. The van der Waals surface area contributed by atoms with E-state index in [4.69, 9.17) is 2.74 Å². The maximum atomic E-state index is 14.0. The van der Waals surface area contributed by atoms with Crippen LogP contribution in [0.2, 0.25) is 0 Å². The minimum absolute atomic E-state index is 0.00416. The Bertz CT molecular complexity index is 1470. The Labute approximate surface area is 216 Å². The van der Waals surface area contributed by atoms with Gasteiger partial charge in [0.2, 0.25) is 0 Å². The number of alkyl halides is 3. The van der Waals surface area contributed by atoms with Crippen LogP contribution in [-0.4, -0.2) is 37.3 Å². The number of nitrogens with zero attached hydrogens (tertiary/aromatic N) is 3. The standard InChI is InChI=1S/C26H27F3N4O3S/c1-18(34)8-7-17-33-16-5-4-10-19-9-2-3-11-20(19)25-21(26(27,28)29)14-15-22(30-25)32-37(35,36)24-13-6-12-23(33)31-24/h2-3,6,9,11-15H,4-5,7-8,10,16-17H2,1H3,(H,30,32)/i4D,10D. The van der Waals surface area contributed by atoms with Crippen LogP contribution in [0.5, 0.6) is 0 Å². The number of rotatable bonds is 4. The summed E-state index contributed by atoms with van der Waals surface area (Å²) >= 11 is 0. The summed E-state index contributed by atoms with van der Waals surface area (Å²) in [6.07, 6.45) is -6.14. The van der Waals surface area contributed by atoms with Gasteiger partial charge in [0.15, 0.2) is 5.03 Å². The fourth-order valence-electron chi connectivity index (χ4n) is 4.03. The molecule has 0 spiro atoms. The summed E-state index contributed by atoms with van der Waals surface area (Å²) in [4.78, 5) is 21.5. The summed E-state index contributed by atoms with van der Waals surface area (Å²) in [5.74, 6) is -0.0563. The molecule has 0 saturated carbocycles. The number of aromatic nitrogens is 2. The molecule has 0 aliphatic carbocycles. The molecule has 7 nitrogen and oxygen atoms in total. The number of anilines is 2. The zero-order valence-corrected chi connectivity index (χ0v) is 20.8. The molecule has 4 rings (SSSR count). The van der Waals surface area contributed by atoms with Crippen molar-refractivity contribution in [2.45, 2.75) is 50.2 Å². The Kier molecular flexibility index (Phi) is 7.03. The first-order valence-corrected chi connectivity index (χ1v) is 13.1. The molecule has 196 valence electrons. The lowest BCUT2D eigenvalue weighted by Crippen LogP contribution is -2.28. The number of fused-ring (bicyclic) bond motifs is 6. The molecule has 4 bridgehead atoms. The minimum Gasteiger partial charge on any atom is -0.357 e. The SMILES string of the molecule is [2H]C1CCN(CCCC(C)=O)c2cccc(n2)S(=O)(=O)Nc2ccc(C(F)(F)F)c(n2)-c2ccccc2C1[2H]. The molecular formula is C26H27F3N4O3S. The van der Waals surface area contributed by atoms with Crippen LogP contribution in [-0.2, 0) is 27.4 Å². The van der Waals surface area contributed by atoms with Crippen LogP contribution >= 0.6 is 0 Å². The second kappa shape index (κ2) is 10.9. The van der Waals surface area contributed by atoms with Crippen LogP contribution in [0.4, 0.5) is 24.8 Å². The van der Waals surface area contributed by atoms with Gasteiger partial charge in [-0.25, -0.2) is 9.97 Å². The van der Waals surface area contributed by atoms with Crippen LogP contribution in [0.3, 0.4) is 0 Å². The summed E-state index contributed by atoms with van der Waals surface area (Å²) in [7, 11) is -4.34. The zero-order valence-electron chi connectivity index (χ0n) is 22.0. The highest BCUT2D eigenvalue weighted by Gasteiger charge is 2.35. The second-order valence-corrected chi connectivity index (χ2v) is 10.2. The molecule has 1 N–H and O–H groups in total. The van der Waals surface area contributed by atoms with Crippen LogP contribution < -0.4 is 9.62 Å². The molecule has 2 unspecified atom stereocenters. The van der Waals surface area contributed by atoms with Gasteiger partial charge in [0, 0.05) is 27.8 Å². The van der Waals surface area contributed by atoms with E-state index >= 15 is 0 Å². The number of nitrogens with one attached hydrogen (secondary N) is 1. The van der Waals surface area contributed by atoms with Gasteiger partial charge in [0.25, 0.3) is 10.0 Å². The van der Waals surface area contributed by atoms with Gasteiger partial charge in [-0.1, -0.05) is 30.3 Å². The number of benzene rings is 1. The van der Waals surface area contributed by atoms with E-state index in [2.05, 4.69) is 14.7 Å². The molecular weight excluding hydrogens is 505 g/mol. The highest BCUT2D eigenvalue weighted by atomic mass is 32.2. The molecule has 0 radical (unpaired) electrons. The summed E-state index contributed by atoms with van der Waals surface area (Å²) in [5, 5.41) is -0.365. The Morgan fingerprint density at radius 2 is 1.89 bits per heavy atom. The van der Waals surface area contributed by atoms with E-state index in [9.17, 15) is 26.4 Å². The Hall–Kier alpha value is -3.47. The summed E-state index contributed by atoms with van der Waals surface area (Å²) < 4.78 is 88.0. The number of carbonyl (C=O) groups is 1. The van der Waals surface area contributed by atoms with E-state index in [0.29, 0.717) is 25.2 Å². The first kappa shape index (κ1) is 23.9. The van der Waals surface area contributed by atoms with Crippen LogP contribution in [0.25, 0.3) is 11.3 Å². The first-order chi connectivity index (χ1) is 18.4. The van der Waals surface area contributed by atoms with Gasteiger partial charge in [-0.15, -0.1) is 0 Å². The van der Waals surface area contributed by atoms with Crippen molar-refractivity contribution in [3.05, 3.63) is 65.7 Å². The van der Waals surface area contributed by atoms with Crippen molar-refractivity contribution in [2.24, 2.45) is 0 Å². The molecule has 3 aromatic rings. The van der Waals surface area contributed by atoms with Crippen molar-refractivity contribution in [3.8, 4) is 11.3 Å². The van der Waals surface area contributed by atoms with Crippen LogP contribution in [0, 0.1) is 0 Å². The van der Waals surface area contributed by atoms with Crippen molar-refractivity contribution < 1.29 is 29.1 Å². The number of halogens is 3. The number of ketones is 1. The van der Waals surface area contributed by atoms with Crippen molar-refractivity contribution in [1.29, 1.82) is 0 Å². The topological polar surface area (TPSA) is 92.3 Å². The number of Topliss-reactive ketones (excluding diaryl/α,β-unsaturated/α-hetero) is 1. The molecule has 3 heterocycles. The predicted molar refractivity (Wildman–Crippen MR) is 135 cm³/mol. The van der Waals surface area contributed by atoms with Gasteiger partial charge >= 0.3 is 6.18 Å². The second-order valence-electron chi connectivity index (χ2n) is 8.60. The number of carbonyl (C=O) groups excluding carboxylic acids is 1. The third kappa shape index (κ3) is 6.46. The van der Waals surface area contributed by atoms with E-state index in [1.54, 1.807) is 17.0 Å². The summed E-state index contributed by atoms with van der Waals surface area (Å²) in [5.41, 5.74) is -1.46. The average molecular weight is 535 g/mol. The number of sulfonamides is 1. The Morgan fingerprint density at radius 1 is 1.11 bits per heavy atom. The highest BCUT2D eigenvalue weighted by molar-refractivity contribution is 7.92. The third-order valence-electron chi connectivity index (χ3n) is 5.78. The van der Waals surface area contributed by atoms with Crippen molar-refractivity contribution >= 4 is 27.4 Å². The fourth-order valence-corrected chi connectivity index (χ4v) is 4.99. The minimum atomic E-state index is -4.80. The molecule has 1 aliphatic rings. The van der Waals surface area contributed by atoms with E-state index in [-0.39, 0.29) is 40.7 Å². The molecule has 1 aromatic carbocycles. The van der Waals surface area contributed by atoms with Crippen LogP contribution in [0.1, 0.15) is 46.5 Å². The maximum absolute atomic E-state index is 14.0. The normalized spacial score (nSPS) is 20.4. The smallest absolute Gasteiger partial charge is 0.357 e. The molecule has 11 heteroatoms. The Balaban J connectivity index is 1.87. The van der Waals surface area contributed by atoms with Gasteiger partial charge in [-0.2, -0.15) is 21.6 Å². The lowest BCUT2D eigenvalue weighted by atomic mass is 9.96. The molecule has 37 heavy (non-hydrogen) atoms. The van der Waals surface area contributed by atoms with E-state index in [1.807, 2.05) is 0 Å². The maximum Gasteiger partial charge on any atom is 0.418 e. The molecule has 0 saturated heterocycles. The third-order valence-corrected chi connectivity index (χ3v) is 7.04. The highest BCUT2D eigenvalue weighted by Crippen LogP contribution is 2.38. The van der Waals surface area contributed by atoms with E-state index in [0.717, 1.165) is 12.1 Å². The summed E-state index contributed by atoms with van der Waals surface area (Å²) in [6, 6.07) is 12.0. The summed E-state index contributed by atoms with van der Waals surface area (Å²) in [6.45, 7) is 2.04. The van der Waals surface area contributed by atoms with Gasteiger partial charge in [-0.05, 0) is 62.4 Å². The van der Waals surface area contributed by atoms with Crippen molar-refractivity contribution in [1.82, 2.24) is 9.97 Å². The van der Waals surface area contributed by atoms with E-state index in [1.165, 1.54) is 37.3 Å². The molecule has 2 atom stereocenters. The van der Waals surface area contributed by atoms with Gasteiger partial charge < -0.3 is 9.69 Å². The first-order valence-electron chi connectivity index (χ1n) is 12.8. The lowest BCUT2D eigenvalue weighted by molar-refractivity contribution is -0.137. The van der Waals surface area contributed by atoms with Gasteiger partial charge in [-0.3, -0.25) is 4.72 Å². The molecule has 2 aromatic heterocycles. The number of pyridine rings is 2. The van der Waals surface area contributed by atoms with Gasteiger partial charge in [0.05, 0.1) is 11.3 Å². The zero-order chi connectivity index (χ0) is 28.4. The largest absolute Gasteiger partial charge is 0.418 e.